The highest BCUT2D eigenvalue weighted by Gasteiger charge is 2.38. The molecular weight excluding hydrogens is 196 g/mol. The lowest BCUT2D eigenvalue weighted by Crippen LogP contribution is -2.26. The maximum absolute atomic E-state index is 2.62. The molecule has 16 heavy (non-hydrogen) atoms. The third kappa shape index (κ3) is 2.00. The molecule has 2 unspecified atom stereocenters. The van der Waals surface area contributed by atoms with Crippen LogP contribution in [0.3, 0.4) is 0 Å². The molecule has 0 radical (unpaired) electrons. The maximum Gasteiger partial charge on any atom is 0.0233 e. The average molecular weight is 216 g/mol. The van der Waals surface area contributed by atoms with Crippen LogP contribution in [0.1, 0.15) is 5.56 Å². The second-order valence-corrected chi connectivity index (χ2v) is 5.42. The first-order valence-corrected chi connectivity index (χ1v) is 6.26. The van der Waals surface area contributed by atoms with Crippen molar-refractivity contribution in [1.82, 2.24) is 9.80 Å². The zero-order chi connectivity index (χ0) is 11.0. The normalized spacial score (nSPS) is 30.8. The third-order valence-corrected chi connectivity index (χ3v) is 3.99. The van der Waals surface area contributed by atoms with E-state index in [1.165, 1.54) is 31.7 Å². The molecule has 2 fully saturated rings. The number of rotatable bonds is 2. The van der Waals surface area contributed by atoms with Crippen molar-refractivity contribution in [1.29, 1.82) is 0 Å². The topological polar surface area (TPSA) is 6.48 Å². The highest BCUT2D eigenvalue weighted by Crippen LogP contribution is 2.30. The van der Waals surface area contributed by atoms with Gasteiger partial charge < -0.3 is 4.90 Å². The highest BCUT2D eigenvalue weighted by atomic mass is 15.2. The molecule has 0 aromatic heterocycles. The Morgan fingerprint density at radius 3 is 2.25 bits per heavy atom. The van der Waals surface area contributed by atoms with Gasteiger partial charge in [0.1, 0.15) is 0 Å². The molecule has 0 saturated carbocycles. The minimum atomic E-state index is 0.925. The molecule has 0 N–H and O–H groups in total. The van der Waals surface area contributed by atoms with Crippen molar-refractivity contribution >= 4 is 0 Å². The van der Waals surface area contributed by atoms with Crippen LogP contribution in [0.5, 0.6) is 0 Å². The van der Waals surface area contributed by atoms with Crippen LogP contribution in [0.15, 0.2) is 30.3 Å². The summed E-state index contributed by atoms with van der Waals surface area (Å²) in [5, 5.41) is 0. The second-order valence-electron chi connectivity index (χ2n) is 5.42. The third-order valence-electron chi connectivity index (χ3n) is 3.99. The summed E-state index contributed by atoms with van der Waals surface area (Å²) in [7, 11) is 2.25. The molecule has 2 heterocycles. The van der Waals surface area contributed by atoms with E-state index in [2.05, 4.69) is 47.2 Å². The Morgan fingerprint density at radius 1 is 1.00 bits per heavy atom. The zero-order valence-corrected chi connectivity index (χ0v) is 9.97. The van der Waals surface area contributed by atoms with Crippen molar-refractivity contribution in [2.75, 3.05) is 33.2 Å². The van der Waals surface area contributed by atoms with Crippen molar-refractivity contribution in [3.8, 4) is 0 Å². The van der Waals surface area contributed by atoms with E-state index >= 15 is 0 Å². The SMILES string of the molecule is CN1CC2CN(Cc3ccccc3)CC2C1. The first-order chi connectivity index (χ1) is 7.81. The lowest BCUT2D eigenvalue weighted by molar-refractivity contribution is 0.272. The van der Waals surface area contributed by atoms with Crippen molar-refractivity contribution in [2.24, 2.45) is 11.8 Å². The molecule has 2 saturated heterocycles. The lowest BCUT2D eigenvalue weighted by atomic mass is 10.0. The smallest absolute Gasteiger partial charge is 0.0233 e. The molecule has 2 atom stereocenters. The average Bonchev–Trinajstić information content (AvgIpc) is 2.76. The molecule has 2 aliphatic heterocycles. The van der Waals surface area contributed by atoms with E-state index in [4.69, 9.17) is 0 Å². The molecule has 0 aliphatic carbocycles. The standard InChI is InChI=1S/C14H20N2/c1-15-8-13-10-16(11-14(13)9-15)7-12-5-3-2-4-6-12/h2-6,13-14H,7-11H2,1H3. The van der Waals surface area contributed by atoms with Crippen molar-refractivity contribution in [3.05, 3.63) is 35.9 Å². The minimum Gasteiger partial charge on any atom is -0.306 e. The van der Waals surface area contributed by atoms with Crippen LogP contribution in [0.4, 0.5) is 0 Å². The quantitative estimate of drug-likeness (QED) is 0.742. The van der Waals surface area contributed by atoms with E-state index in [-0.39, 0.29) is 0 Å². The van der Waals surface area contributed by atoms with Crippen molar-refractivity contribution in [3.63, 3.8) is 0 Å². The van der Waals surface area contributed by atoms with Gasteiger partial charge in [-0.05, 0) is 24.4 Å². The number of fused-ring (bicyclic) bond motifs is 1. The zero-order valence-electron chi connectivity index (χ0n) is 9.97. The molecule has 3 rings (SSSR count). The Kier molecular flexibility index (Phi) is 2.70. The molecule has 2 nitrogen and oxygen atoms in total. The fraction of sp³-hybridized carbons (Fsp3) is 0.571. The van der Waals surface area contributed by atoms with Gasteiger partial charge in [0.2, 0.25) is 0 Å². The van der Waals surface area contributed by atoms with Crippen molar-refractivity contribution < 1.29 is 0 Å². The Hall–Kier alpha value is -0.860. The van der Waals surface area contributed by atoms with E-state index < -0.39 is 0 Å². The molecule has 0 amide bonds. The van der Waals surface area contributed by atoms with Gasteiger partial charge in [-0.2, -0.15) is 0 Å². The molecule has 2 aliphatic rings. The molecule has 0 bridgehead atoms. The van der Waals surface area contributed by atoms with Crippen LogP contribution in [-0.2, 0) is 6.54 Å². The van der Waals surface area contributed by atoms with Gasteiger partial charge in [-0.25, -0.2) is 0 Å². The molecule has 1 aromatic carbocycles. The summed E-state index contributed by atoms with van der Waals surface area (Å²) in [6.45, 7) is 6.33. The number of hydrogen-bond acceptors (Lipinski definition) is 2. The minimum absolute atomic E-state index is 0.925. The van der Waals surface area contributed by atoms with Gasteiger partial charge in [0.15, 0.2) is 0 Å². The van der Waals surface area contributed by atoms with Crippen LogP contribution in [0, 0.1) is 11.8 Å². The molecule has 1 aromatic rings. The summed E-state index contributed by atoms with van der Waals surface area (Å²) >= 11 is 0. The van der Waals surface area contributed by atoms with E-state index in [9.17, 15) is 0 Å². The molecule has 2 heteroatoms. The van der Waals surface area contributed by atoms with Gasteiger partial charge >= 0.3 is 0 Å². The summed E-state index contributed by atoms with van der Waals surface area (Å²) in [4.78, 5) is 5.10. The van der Waals surface area contributed by atoms with Crippen LogP contribution in [0.25, 0.3) is 0 Å². The lowest BCUT2D eigenvalue weighted by Gasteiger charge is -2.18. The molecule has 86 valence electrons. The van der Waals surface area contributed by atoms with Gasteiger partial charge in [0, 0.05) is 32.7 Å². The number of nitrogens with zero attached hydrogens (tertiary/aromatic N) is 2. The largest absolute Gasteiger partial charge is 0.306 e. The first kappa shape index (κ1) is 10.3. The first-order valence-electron chi connectivity index (χ1n) is 6.26. The Labute approximate surface area is 97.9 Å². The highest BCUT2D eigenvalue weighted by molar-refractivity contribution is 5.14. The second kappa shape index (κ2) is 4.19. The fourth-order valence-corrected chi connectivity index (χ4v) is 3.30. The van der Waals surface area contributed by atoms with Gasteiger partial charge in [-0.15, -0.1) is 0 Å². The summed E-state index contributed by atoms with van der Waals surface area (Å²) in [6.07, 6.45) is 0. The predicted octanol–water partition coefficient (Wildman–Crippen LogP) is 1.68. The Balaban J connectivity index is 1.60. The Bertz CT molecular complexity index is 335. The number of benzene rings is 1. The van der Waals surface area contributed by atoms with Crippen LogP contribution >= 0.6 is 0 Å². The van der Waals surface area contributed by atoms with Crippen molar-refractivity contribution in [2.45, 2.75) is 6.54 Å². The summed E-state index contributed by atoms with van der Waals surface area (Å²) in [5.74, 6) is 1.85. The van der Waals surface area contributed by atoms with Gasteiger partial charge in [-0.1, -0.05) is 30.3 Å². The van der Waals surface area contributed by atoms with E-state index in [0.717, 1.165) is 18.4 Å². The molecular formula is C14H20N2. The van der Waals surface area contributed by atoms with E-state index in [1.54, 1.807) is 0 Å². The maximum atomic E-state index is 2.62. The molecule has 0 spiro atoms. The van der Waals surface area contributed by atoms with Crippen LogP contribution in [-0.4, -0.2) is 43.0 Å². The van der Waals surface area contributed by atoms with Gasteiger partial charge in [0.05, 0.1) is 0 Å². The van der Waals surface area contributed by atoms with E-state index in [1.807, 2.05) is 0 Å². The summed E-state index contributed by atoms with van der Waals surface area (Å²) in [6, 6.07) is 10.8. The van der Waals surface area contributed by atoms with Crippen LogP contribution < -0.4 is 0 Å². The summed E-state index contributed by atoms with van der Waals surface area (Å²) < 4.78 is 0. The Morgan fingerprint density at radius 2 is 1.62 bits per heavy atom. The number of likely N-dealkylation sites (tertiary alicyclic amines) is 2. The summed E-state index contributed by atoms with van der Waals surface area (Å²) in [5.41, 5.74) is 1.45. The van der Waals surface area contributed by atoms with Gasteiger partial charge in [0.25, 0.3) is 0 Å². The number of hydrogen-bond donors (Lipinski definition) is 0. The van der Waals surface area contributed by atoms with Crippen LogP contribution in [0.2, 0.25) is 0 Å². The predicted molar refractivity (Wildman–Crippen MR) is 66.2 cm³/mol. The van der Waals surface area contributed by atoms with Gasteiger partial charge in [-0.3, -0.25) is 4.90 Å². The fourth-order valence-electron chi connectivity index (χ4n) is 3.30. The monoisotopic (exact) mass is 216 g/mol. The van der Waals surface area contributed by atoms with E-state index in [0.29, 0.717) is 0 Å².